The van der Waals surface area contributed by atoms with Crippen molar-refractivity contribution < 1.29 is 13.7 Å². The van der Waals surface area contributed by atoms with Crippen LogP contribution in [0.2, 0.25) is 0 Å². The molecule has 2 heterocycles. The van der Waals surface area contributed by atoms with E-state index < -0.39 is 0 Å². The molecule has 0 unspecified atom stereocenters. The van der Waals surface area contributed by atoms with Crippen LogP contribution in [-0.4, -0.2) is 32.1 Å². The van der Waals surface area contributed by atoms with E-state index in [1.807, 2.05) is 24.3 Å². The summed E-state index contributed by atoms with van der Waals surface area (Å²) < 4.78 is 25.0. The summed E-state index contributed by atoms with van der Waals surface area (Å²) in [5, 5.41) is 12.7. The molecule has 0 saturated carbocycles. The highest BCUT2D eigenvalue weighted by Gasteiger charge is 2.17. The highest BCUT2D eigenvalue weighted by molar-refractivity contribution is 7.98. The fraction of sp³-hybridized carbons (Fsp3) is 0.111. The molecular formula is C18H15FN6O2S. The molecule has 0 spiro atoms. The third-order valence-corrected chi connectivity index (χ3v) is 4.84. The Morgan fingerprint density at radius 3 is 2.71 bits per heavy atom. The van der Waals surface area contributed by atoms with Crippen LogP contribution in [-0.2, 0) is 5.75 Å². The lowest BCUT2D eigenvalue weighted by atomic mass is 10.2. The van der Waals surface area contributed by atoms with E-state index in [-0.39, 0.29) is 5.82 Å². The molecule has 0 fully saturated rings. The van der Waals surface area contributed by atoms with Crippen LogP contribution in [0.3, 0.4) is 0 Å². The smallest absolute Gasteiger partial charge is 0.257 e. The molecule has 2 N–H and O–H groups in total. The molecular weight excluding hydrogens is 383 g/mol. The van der Waals surface area contributed by atoms with E-state index in [0.717, 1.165) is 5.56 Å². The summed E-state index contributed by atoms with van der Waals surface area (Å²) in [6.07, 6.45) is 0. The fourth-order valence-corrected chi connectivity index (χ4v) is 3.24. The van der Waals surface area contributed by atoms with Crippen LogP contribution in [0.15, 0.2) is 58.2 Å². The molecule has 0 aliphatic heterocycles. The Balaban J connectivity index is 1.49. The Morgan fingerprint density at radius 1 is 1.14 bits per heavy atom. The van der Waals surface area contributed by atoms with Gasteiger partial charge >= 0.3 is 0 Å². The lowest BCUT2D eigenvalue weighted by Crippen LogP contribution is -2.12. The van der Waals surface area contributed by atoms with E-state index in [0.29, 0.717) is 39.8 Å². The Kier molecular flexibility index (Phi) is 4.94. The fourth-order valence-electron chi connectivity index (χ4n) is 2.54. The average molecular weight is 398 g/mol. The number of aromatic nitrogens is 5. The van der Waals surface area contributed by atoms with Crippen molar-refractivity contribution in [2.45, 2.75) is 10.9 Å². The van der Waals surface area contributed by atoms with Crippen molar-refractivity contribution in [1.82, 2.24) is 25.0 Å². The minimum atomic E-state index is -0.327. The van der Waals surface area contributed by atoms with Gasteiger partial charge in [0.2, 0.25) is 5.16 Å². The van der Waals surface area contributed by atoms with E-state index in [4.69, 9.17) is 15.1 Å². The molecule has 0 radical (unpaired) electrons. The number of hydrogen-bond donors (Lipinski definition) is 1. The summed E-state index contributed by atoms with van der Waals surface area (Å²) >= 11 is 1.32. The van der Waals surface area contributed by atoms with Gasteiger partial charge in [-0.2, -0.15) is 4.98 Å². The molecule has 142 valence electrons. The number of methoxy groups -OCH3 is 1. The first kappa shape index (κ1) is 18.0. The zero-order chi connectivity index (χ0) is 19.5. The van der Waals surface area contributed by atoms with Gasteiger partial charge in [0.05, 0.1) is 18.4 Å². The molecule has 0 atom stereocenters. The van der Waals surface area contributed by atoms with Crippen LogP contribution >= 0.6 is 11.8 Å². The van der Waals surface area contributed by atoms with Crippen LogP contribution in [0.25, 0.3) is 22.8 Å². The topological polar surface area (TPSA) is 105 Å². The number of para-hydroxylation sites is 1. The lowest BCUT2D eigenvalue weighted by Gasteiger charge is -2.07. The molecule has 8 nitrogen and oxygen atoms in total. The number of hydrogen-bond acceptors (Lipinski definition) is 8. The first-order valence-corrected chi connectivity index (χ1v) is 9.19. The predicted molar refractivity (Wildman–Crippen MR) is 101 cm³/mol. The number of nitrogen functional groups attached to an aromatic ring is 1. The van der Waals surface area contributed by atoms with Crippen molar-refractivity contribution in [2.24, 2.45) is 0 Å². The van der Waals surface area contributed by atoms with Crippen molar-refractivity contribution in [3.63, 3.8) is 0 Å². The van der Waals surface area contributed by atoms with Gasteiger partial charge in [-0.25, -0.2) is 9.07 Å². The molecule has 28 heavy (non-hydrogen) atoms. The number of thioether (sulfide) groups is 1. The Morgan fingerprint density at radius 2 is 1.93 bits per heavy atom. The summed E-state index contributed by atoms with van der Waals surface area (Å²) in [6, 6.07) is 13.3. The van der Waals surface area contributed by atoms with E-state index in [1.165, 1.54) is 28.6 Å². The van der Waals surface area contributed by atoms with Gasteiger partial charge in [0.1, 0.15) is 11.6 Å². The number of nitrogens with zero attached hydrogens (tertiary/aromatic N) is 5. The zero-order valence-corrected chi connectivity index (χ0v) is 15.6. The summed E-state index contributed by atoms with van der Waals surface area (Å²) in [4.78, 5) is 4.31. The molecule has 0 saturated heterocycles. The Bertz CT molecular complexity index is 1100. The molecule has 4 rings (SSSR count). The molecule has 4 aromatic rings. The third-order valence-electron chi connectivity index (χ3n) is 3.90. The van der Waals surface area contributed by atoms with Gasteiger partial charge < -0.3 is 15.1 Å². The standard InChI is InChI=1S/C18H15FN6O2S/c1-26-14-5-3-2-4-13(14)16-22-23-18(25(16)20)28-10-15-21-17(27-24-15)11-6-8-12(19)9-7-11/h2-9H,10,20H2,1H3. The van der Waals surface area contributed by atoms with Gasteiger partial charge in [-0.05, 0) is 36.4 Å². The molecule has 0 amide bonds. The van der Waals surface area contributed by atoms with Crippen LogP contribution in [0.1, 0.15) is 5.82 Å². The van der Waals surface area contributed by atoms with Crippen LogP contribution in [0, 0.1) is 5.82 Å². The van der Waals surface area contributed by atoms with Crippen LogP contribution < -0.4 is 10.6 Å². The Labute approximate surface area is 163 Å². The molecule has 2 aromatic heterocycles. The monoisotopic (exact) mass is 398 g/mol. The SMILES string of the molecule is COc1ccccc1-c1nnc(SCc2noc(-c3ccc(F)cc3)n2)n1N. The van der Waals surface area contributed by atoms with Gasteiger partial charge in [-0.1, -0.05) is 29.1 Å². The van der Waals surface area contributed by atoms with Crippen LogP contribution in [0.5, 0.6) is 5.75 Å². The normalized spacial score (nSPS) is 10.9. The van der Waals surface area contributed by atoms with E-state index >= 15 is 0 Å². The van der Waals surface area contributed by atoms with Crippen molar-refractivity contribution in [1.29, 1.82) is 0 Å². The summed E-state index contributed by atoms with van der Waals surface area (Å²) in [6.45, 7) is 0. The second-order valence-electron chi connectivity index (χ2n) is 5.69. The maximum Gasteiger partial charge on any atom is 0.257 e. The minimum absolute atomic E-state index is 0.319. The summed E-state index contributed by atoms with van der Waals surface area (Å²) in [5.74, 6) is 8.13. The van der Waals surface area contributed by atoms with Crippen LogP contribution in [0.4, 0.5) is 4.39 Å². The lowest BCUT2D eigenvalue weighted by molar-refractivity contribution is 0.416. The van der Waals surface area contributed by atoms with E-state index in [1.54, 1.807) is 19.2 Å². The second kappa shape index (κ2) is 7.69. The molecule has 0 bridgehead atoms. The molecule has 10 heteroatoms. The van der Waals surface area contributed by atoms with Gasteiger partial charge in [0.25, 0.3) is 5.89 Å². The van der Waals surface area contributed by atoms with E-state index in [9.17, 15) is 4.39 Å². The maximum absolute atomic E-state index is 13.0. The number of rotatable bonds is 6. The molecule has 2 aromatic carbocycles. The van der Waals surface area contributed by atoms with Crippen molar-refractivity contribution >= 4 is 11.8 Å². The van der Waals surface area contributed by atoms with Gasteiger partial charge in [-0.15, -0.1) is 10.2 Å². The maximum atomic E-state index is 13.0. The zero-order valence-electron chi connectivity index (χ0n) is 14.7. The number of halogens is 1. The van der Waals surface area contributed by atoms with Crippen molar-refractivity contribution in [3.8, 4) is 28.6 Å². The third kappa shape index (κ3) is 3.54. The number of ether oxygens (including phenoxy) is 1. The molecule has 0 aliphatic carbocycles. The minimum Gasteiger partial charge on any atom is -0.496 e. The van der Waals surface area contributed by atoms with Gasteiger partial charge in [0.15, 0.2) is 11.6 Å². The van der Waals surface area contributed by atoms with Gasteiger partial charge in [0, 0.05) is 5.56 Å². The van der Waals surface area contributed by atoms with Crippen molar-refractivity contribution in [3.05, 3.63) is 60.2 Å². The largest absolute Gasteiger partial charge is 0.496 e. The van der Waals surface area contributed by atoms with Gasteiger partial charge in [-0.3, -0.25) is 0 Å². The average Bonchev–Trinajstić information content (AvgIpc) is 3.34. The second-order valence-corrected chi connectivity index (χ2v) is 6.63. The quantitative estimate of drug-likeness (QED) is 0.390. The highest BCUT2D eigenvalue weighted by Crippen LogP contribution is 2.30. The molecule has 0 aliphatic rings. The number of nitrogens with two attached hydrogens (primary N) is 1. The first-order chi connectivity index (χ1) is 13.7. The number of benzene rings is 2. The Hall–Kier alpha value is -3.40. The highest BCUT2D eigenvalue weighted by atomic mass is 32.2. The van der Waals surface area contributed by atoms with Crippen molar-refractivity contribution in [2.75, 3.05) is 13.0 Å². The summed E-state index contributed by atoms with van der Waals surface area (Å²) in [7, 11) is 1.58. The predicted octanol–water partition coefficient (Wildman–Crippen LogP) is 3.15. The first-order valence-electron chi connectivity index (χ1n) is 8.21. The van der Waals surface area contributed by atoms with E-state index in [2.05, 4.69) is 20.3 Å². The summed E-state index contributed by atoms with van der Waals surface area (Å²) in [5.41, 5.74) is 1.38.